The lowest BCUT2D eigenvalue weighted by Crippen LogP contribution is -2.33. The standard InChI is InChI=1S/C13H16ClN3O4/c14-12-11(17(20)21)10(4-5-15-12)13(19)16-7-8-2-1-3-9(18)6-8/h4-5,8-9,18H,1-3,6-7H2,(H,16,19). The van der Waals surface area contributed by atoms with Gasteiger partial charge in [-0.2, -0.15) is 0 Å². The van der Waals surface area contributed by atoms with E-state index < -0.39 is 16.5 Å². The van der Waals surface area contributed by atoms with Gasteiger partial charge in [-0.1, -0.05) is 18.0 Å². The first-order valence-corrected chi connectivity index (χ1v) is 7.12. The first-order valence-electron chi connectivity index (χ1n) is 6.74. The lowest BCUT2D eigenvalue weighted by Gasteiger charge is -2.25. The van der Waals surface area contributed by atoms with Crippen LogP contribution in [0.5, 0.6) is 0 Å². The molecule has 7 nitrogen and oxygen atoms in total. The van der Waals surface area contributed by atoms with Gasteiger partial charge in [-0.15, -0.1) is 0 Å². The highest BCUT2D eigenvalue weighted by Gasteiger charge is 2.26. The summed E-state index contributed by atoms with van der Waals surface area (Å²) in [6, 6.07) is 1.27. The van der Waals surface area contributed by atoms with Crippen LogP contribution in [0.2, 0.25) is 5.15 Å². The van der Waals surface area contributed by atoms with Crippen LogP contribution in [-0.4, -0.2) is 33.6 Å². The van der Waals surface area contributed by atoms with E-state index in [2.05, 4.69) is 10.3 Å². The van der Waals surface area contributed by atoms with Crippen molar-refractivity contribution in [1.82, 2.24) is 10.3 Å². The van der Waals surface area contributed by atoms with Gasteiger partial charge in [-0.25, -0.2) is 4.98 Å². The van der Waals surface area contributed by atoms with Crippen molar-refractivity contribution in [2.24, 2.45) is 5.92 Å². The third-order valence-corrected chi connectivity index (χ3v) is 3.89. The van der Waals surface area contributed by atoms with Crippen LogP contribution in [0.25, 0.3) is 0 Å². The van der Waals surface area contributed by atoms with Crippen molar-refractivity contribution in [2.75, 3.05) is 6.54 Å². The van der Waals surface area contributed by atoms with Crippen LogP contribution in [0, 0.1) is 16.0 Å². The third kappa shape index (κ3) is 3.89. The summed E-state index contributed by atoms with van der Waals surface area (Å²) in [5, 5.41) is 22.9. The number of nitro groups is 1. The van der Waals surface area contributed by atoms with Crippen LogP contribution < -0.4 is 5.32 Å². The van der Waals surface area contributed by atoms with Crippen LogP contribution in [-0.2, 0) is 0 Å². The van der Waals surface area contributed by atoms with Gasteiger partial charge < -0.3 is 10.4 Å². The molecule has 1 aliphatic rings. The number of carbonyl (C=O) groups is 1. The number of hydrogen-bond donors (Lipinski definition) is 2. The molecule has 1 fully saturated rings. The van der Waals surface area contributed by atoms with E-state index >= 15 is 0 Å². The molecule has 1 aliphatic carbocycles. The topological polar surface area (TPSA) is 105 Å². The Kier molecular flexibility index (Phi) is 5.08. The van der Waals surface area contributed by atoms with Crippen molar-refractivity contribution < 1.29 is 14.8 Å². The van der Waals surface area contributed by atoms with E-state index in [1.54, 1.807) is 0 Å². The predicted octanol–water partition coefficient (Wildman–Crippen LogP) is 1.92. The molecule has 21 heavy (non-hydrogen) atoms. The Balaban J connectivity index is 2.04. The first kappa shape index (κ1) is 15.7. The number of nitrogens with zero attached hydrogens (tertiary/aromatic N) is 2. The van der Waals surface area contributed by atoms with Crippen molar-refractivity contribution in [3.63, 3.8) is 0 Å². The normalized spacial score (nSPS) is 21.8. The van der Waals surface area contributed by atoms with Gasteiger partial charge in [0.25, 0.3) is 5.91 Å². The smallest absolute Gasteiger partial charge is 0.319 e. The highest BCUT2D eigenvalue weighted by Crippen LogP contribution is 2.26. The predicted molar refractivity (Wildman–Crippen MR) is 76.2 cm³/mol. The van der Waals surface area contributed by atoms with Crippen molar-refractivity contribution in [1.29, 1.82) is 0 Å². The zero-order chi connectivity index (χ0) is 15.4. The van der Waals surface area contributed by atoms with Gasteiger partial charge in [0.15, 0.2) is 0 Å². The summed E-state index contributed by atoms with van der Waals surface area (Å²) in [6.45, 7) is 0.382. The number of amides is 1. The van der Waals surface area contributed by atoms with E-state index in [-0.39, 0.29) is 22.7 Å². The molecule has 0 aliphatic heterocycles. The molecule has 1 saturated carbocycles. The number of pyridine rings is 1. The summed E-state index contributed by atoms with van der Waals surface area (Å²) < 4.78 is 0. The van der Waals surface area contributed by atoms with Gasteiger partial charge in [-0.3, -0.25) is 14.9 Å². The molecule has 0 bridgehead atoms. The minimum Gasteiger partial charge on any atom is -0.393 e. The number of carbonyl (C=O) groups excluding carboxylic acids is 1. The second kappa shape index (κ2) is 6.82. The van der Waals surface area contributed by atoms with Gasteiger partial charge in [0.1, 0.15) is 5.56 Å². The van der Waals surface area contributed by atoms with Crippen LogP contribution in [0.3, 0.4) is 0 Å². The fourth-order valence-corrected chi connectivity index (χ4v) is 2.79. The molecule has 2 N–H and O–H groups in total. The van der Waals surface area contributed by atoms with Gasteiger partial charge >= 0.3 is 5.69 Å². The Bertz CT molecular complexity index is 552. The summed E-state index contributed by atoms with van der Waals surface area (Å²) in [7, 11) is 0. The van der Waals surface area contributed by atoms with Crippen molar-refractivity contribution in [2.45, 2.75) is 31.8 Å². The summed E-state index contributed by atoms with van der Waals surface area (Å²) in [4.78, 5) is 25.9. The van der Waals surface area contributed by atoms with Crippen molar-refractivity contribution in [3.8, 4) is 0 Å². The highest BCUT2D eigenvalue weighted by molar-refractivity contribution is 6.32. The Morgan fingerprint density at radius 2 is 2.33 bits per heavy atom. The number of halogens is 1. The molecule has 8 heteroatoms. The Labute approximate surface area is 126 Å². The second-order valence-corrected chi connectivity index (χ2v) is 5.51. The molecule has 2 rings (SSSR count). The van der Waals surface area contributed by atoms with Gasteiger partial charge in [-0.05, 0) is 31.2 Å². The molecule has 0 aromatic carbocycles. The lowest BCUT2D eigenvalue weighted by molar-refractivity contribution is -0.385. The number of rotatable bonds is 4. The molecule has 2 atom stereocenters. The van der Waals surface area contributed by atoms with Gasteiger partial charge in [0.2, 0.25) is 5.15 Å². The fourth-order valence-electron chi connectivity index (χ4n) is 2.57. The number of hydrogen-bond acceptors (Lipinski definition) is 5. The molecule has 1 aromatic heterocycles. The molecule has 0 saturated heterocycles. The fraction of sp³-hybridized carbons (Fsp3) is 0.538. The second-order valence-electron chi connectivity index (χ2n) is 5.15. The van der Waals surface area contributed by atoms with E-state index in [1.807, 2.05) is 0 Å². The molecule has 1 amide bonds. The summed E-state index contributed by atoms with van der Waals surface area (Å²) in [5.74, 6) is -0.361. The van der Waals surface area contributed by atoms with Crippen molar-refractivity contribution >= 4 is 23.2 Å². The summed E-state index contributed by atoms with van der Waals surface area (Å²) in [5.41, 5.74) is -0.586. The Morgan fingerprint density at radius 3 is 3.00 bits per heavy atom. The summed E-state index contributed by atoms with van der Waals surface area (Å²) >= 11 is 5.67. The van der Waals surface area contributed by atoms with Crippen LogP contribution >= 0.6 is 11.6 Å². The molecule has 2 unspecified atom stereocenters. The number of aliphatic hydroxyl groups is 1. The molecule has 114 valence electrons. The van der Waals surface area contributed by atoms with Gasteiger partial charge in [0.05, 0.1) is 11.0 Å². The number of nitrogens with one attached hydrogen (secondary N) is 1. The molecule has 1 aromatic rings. The monoisotopic (exact) mass is 313 g/mol. The zero-order valence-corrected chi connectivity index (χ0v) is 12.0. The Morgan fingerprint density at radius 1 is 1.57 bits per heavy atom. The molecule has 1 heterocycles. The maximum Gasteiger partial charge on any atom is 0.319 e. The largest absolute Gasteiger partial charge is 0.393 e. The number of aliphatic hydroxyl groups excluding tert-OH is 1. The lowest BCUT2D eigenvalue weighted by atomic mass is 9.87. The quantitative estimate of drug-likeness (QED) is 0.502. The number of aromatic nitrogens is 1. The highest BCUT2D eigenvalue weighted by atomic mass is 35.5. The molecule has 0 radical (unpaired) electrons. The third-order valence-electron chi connectivity index (χ3n) is 3.61. The van der Waals surface area contributed by atoms with E-state index in [0.717, 1.165) is 19.3 Å². The van der Waals surface area contributed by atoms with Crippen LogP contribution in [0.1, 0.15) is 36.0 Å². The average Bonchev–Trinajstić information content (AvgIpc) is 2.44. The molecular weight excluding hydrogens is 298 g/mol. The minimum absolute atomic E-state index is 0.101. The maximum atomic E-state index is 12.1. The van der Waals surface area contributed by atoms with E-state index in [0.29, 0.717) is 13.0 Å². The maximum absolute atomic E-state index is 12.1. The molecule has 0 spiro atoms. The van der Waals surface area contributed by atoms with Crippen LogP contribution in [0.15, 0.2) is 12.3 Å². The van der Waals surface area contributed by atoms with E-state index in [1.165, 1.54) is 12.3 Å². The average molecular weight is 314 g/mol. The Hall–Kier alpha value is -1.73. The zero-order valence-electron chi connectivity index (χ0n) is 11.3. The minimum atomic E-state index is -0.714. The van der Waals surface area contributed by atoms with E-state index in [4.69, 9.17) is 11.6 Å². The van der Waals surface area contributed by atoms with Gasteiger partial charge in [0, 0.05) is 12.7 Å². The summed E-state index contributed by atoms with van der Waals surface area (Å²) in [6.07, 6.45) is 4.20. The SMILES string of the molecule is O=C(NCC1CCCC(O)C1)c1ccnc(Cl)c1[N+](=O)[O-]. The van der Waals surface area contributed by atoms with Crippen LogP contribution in [0.4, 0.5) is 5.69 Å². The molecular formula is C13H16ClN3O4. The first-order chi connectivity index (χ1) is 9.99. The van der Waals surface area contributed by atoms with E-state index in [9.17, 15) is 20.0 Å². The van der Waals surface area contributed by atoms with Crippen molar-refractivity contribution in [3.05, 3.63) is 33.1 Å².